The van der Waals surface area contributed by atoms with Crippen LogP contribution in [-0.2, 0) is 4.79 Å². The molecule has 1 aromatic rings. The van der Waals surface area contributed by atoms with Crippen LogP contribution in [0.15, 0.2) is 24.3 Å². The van der Waals surface area contributed by atoms with Crippen LogP contribution < -0.4 is 15.8 Å². The van der Waals surface area contributed by atoms with Crippen molar-refractivity contribution in [2.75, 3.05) is 18.9 Å². The van der Waals surface area contributed by atoms with E-state index in [9.17, 15) is 18.0 Å². The number of alkyl halides is 3. The van der Waals surface area contributed by atoms with Crippen LogP contribution in [0.25, 0.3) is 0 Å². The van der Waals surface area contributed by atoms with Crippen LogP contribution in [0.3, 0.4) is 0 Å². The number of anilines is 1. The second-order valence-electron chi connectivity index (χ2n) is 4.28. The Morgan fingerprint density at radius 2 is 1.85 bits per heavy atom. The van der Waals surface area contributed by atoms with Gasteiger partial charge in [0.25, 0.3) is 5.91 Å². The summed E-state index contributed by atoms with van der Waals surface area (Å²) < 4.78 is 40.8. The van der Waals surface area contributed by atoms with Gasteiger partial charge in [-0.3, -0.25) is 4.79 Å². The molecule has 0 radical (unpaired) electrons. The number of ether oxygens (including phenoxy) is 1. The molecule has 1 aromatic carbocycles. The van der Waals surface area contributed by atoms with Crippen LogP contribution >= 0.6 is 0 Å². The first-order valence-corrected chi connectivity index (χ1v) is 6.18. The minimum atomic E-state index is -4.14. The number of nitrogens with one attached hydrogen (secondary N) is 1. The molecule has 0 aromatic heterocycles. The summed E-state index contributed by atoms with van der Waals surface area (Å²) in [6, 6.07) is 6.55. The normalized spacial score (nSPS) is 11.2. The highest BCUT2D eigenvalue weighted by atomic mass is 19.4. The lowest BCUT2D eigenvalue weighted by Gasteiger charge is -2.08. The zero-order chi connectivity index (χ0) is 15.0. The van der Waals surface area contributed by atoms with Gasteiger partial charge in [-0.05, 0) is 37.1 Å². The average molecular weight is 290 g/mol. The van der Waals surface area contributed by atoms with Gasteiger partial charge in [0.1, 0.15) is 5.75 Å². The predicted octanol–water partition coefficient (Wildman–Crippen LogP) is 2.50. The molecular formula is C13H17F3N2O2. The molecule has 0 heterocycles. The summed E-state index contributed by atoms with van der Waals surface area (Å²) in [5.74, 6) is 0.139. The highest BCUT2D eigenvalue weighted by Crippen LogP contribution is 2.21. The smallest absolute Gasteiger partial charge is 0.389 e. The summed E-state index contributed by atoms with van der Waals surface area (Å²) in [4.78, 5) is 11.4. The Morgan fingerprint density at radius 3 is 2.45 bits per heavy atom. The van der Waals surface area contributed by atoms with Gasteiger partial charge < -0.3 is 15.8 Å². The number of nitrogen functional groups attached to an aromatic ring is 1. The topological polar surface area (TPSA) is 64.3 Å². The largest absolute Gasteiger partial charge is 0.484 e. The molecule has 0 fully saturated rings. The second-order valence-corrected chi connectivity index (χ2v) is 4.28. The minimum Gasteiger partial charge on any atom is -0.484 e. The molecule has 1 rings (SSSR count). The van der Waals surface area contributed by atoms with Gasteiger partial charge in [0, 0.05) is 18.7 Å². The van der Waals surface area contributed by atoms with E-state index in [-0.39, 0.29) is 31.9 Å². The number of benzene rings is 1. The number of hydrogen-bond donors (Lipinski definition) is 2. The van der Waals surface area contributed by atoms with Gasteiger partial charge in [-0.25, -0.2) is 0 Å². The molecule has 3 N–H and O–H groups in total. The first-order valence-electron chi connectivity index (χ1n) is 6.18. The molecule has 0 aliphatic rings. The fourth-order valence-corrected chi connectivity index (χ4v) is 1.44. The molecule has 0 atom stereocenters. The number of hydrogen-bond acceptors (Lipinski definition) is 3. The highest BCUT2D eigenvalue weighted by Gasteiger charge is 2.25. The van der Waals surface area contributed by atoms with E-state index in [1.54, 1.807) is 24.3 Å². The van der Waals surface area contributed by atoms with Crippen molar-refractivity contribution in [3.63, 3.8) is 0 Å². The maximum absolute atomic E-state index is 11.9. The number of carbonyl (C=O) groups excluding carboxylic acids is 1. The third-order valence-corrected chi connectivity index (χ3v) is 2.46. The van der Waals surface area contributed by atoms with Gasteiger partial charge in [-0.1, -0.05) is 0 Å². The van der Waals surface area contributed by atoms with E-state index in [2.05, 4.69) is 5.32 Å². The van der Waals surface area contributed by atoms with Gasteiger partial charge in [-0.15, -0.1) is 0 Å². The summed E-state index contributed by atoms with van der Waals surface area (Å²) >= 11 is 0. The molecule has 7 heteroatoms. The summed E-state index contributed by atoms with van der Waals surface area (Å²) in [5.41, 5.74) is 6.08. The third kappa shape index (κ3) is 7.50. The van der Waals surface area contributed by atoms with Crippen molar-refractivity contribution in [1.82, 2.24) is 5.32 Å². The standard InChI is InChI=1S/C13H17F3N2O2/c14-13(15,16)7-1-2-8-18-12(19)9-20-11-5-3-10(17)4-6-11/h3-6H,1-2,7-9,17H2,(H,18,19). The van der Waals surface area contributed by atoms with E-state index in [0.29, 0.717) is 11.4 Å². The average Bonchev–Trinajstić information content (AvgIpc) is 2.36. The van der Waals surface area contributed by atoms with E-state index in [0.717, 1.165) is 0 Å². The van der Waals surface area contributed by atoms with Crippen LogP contribution in [0.2, 0.25) is 0 Å². The summed E-state index contributed by atoms with van der Waals surface area (Å²) in [6.45, 7) is 0.0310. The molecule has 0 aliphatic heterocycles. The van der Waals surface area contributed by atoms with Crippen LogP contribution in [0.5, 0.6) is 5.75 Å². The summed E-state index contributed by atoms with van der Waals surface area (Å²) in [7, 11) is 0. The van der Waals surface area contributed by atoms with Crippen LogP contribution in [0.4, 0.5) is 18.9 Å². The van der Waals surface area contributed by atoms with E-state index >= 15 is 0 Å². The quantitative estimate of drug-likeness (QED) is 0.599. The molecule has 112 valence electrons. The maximum atomic E-state index is 11.9. The Labute approximate surface area is 115 Å². The van der Waals surface area contributed by atoms with Crippen LogP contribution in [0, 0.1) is 0 Å². The van der Waals surface area contributed by atoms with Crippen molar-refractivity contribution >= 4 is 11.6 Å². The molecule has 0 saturated carbocycles. The fourth-order valence-electron chi connectivity index (χ4n) is 1.44. The van der Waals surface area contributed by atoms with Crippen molar-refractivity contribution in [2.45, 2.75) is 25.4 Å². The first kappa shape index (κ1) is 16.1. The molecule has 0 unspecified atom stereocenters. The molecule has 20 heavy (non-hydrogen) atoms. The van der Waals surface area contributed by atoms with E-state index in [1.165, 1.54) is 0 Å². The van der Waals surface area contributed by atoms with Crippen molar-refractivity contribution in [3.05, 3.63) is 24.3 Å². The van der Waals surface area contributed by atoms with E-state index in [4.69, 9.17) is 10.5 Å². The lowest BCUT2D eigenvalue weighted by Crippen LogP contribution is -2.29. The fraction of sp³-hybridized carbons (Fsp3) is 0.462. The monoisotopic (exact) mass is 290 g/mol. The number of halogens is 3. The zero-order valence-corrected chi connectivity index (χ0v) is 10.9. The Bertz CT molecular complexity index is 419. The Kier molecular flexibility index (Phi) is 6.14. The molecule has 0 aliphatic carbocycles. The van der Waals surface area contributed by atoms with Gasteiger partial charge in [0.15, 0.2) is 6.61 Å². The lowest BCUT2D eigenvalue weighted by atomic mass is 10.2. The summed E-state index contributed by atoms with van der Waals surface area (Å²) in [5, 5.41) is 2.49. The third-order valence-electron chi connectivity index (χ3n) is 2.46. The number of unbranched alkanes of at least 4 members (excludes halogenated alkanes) is 1. The van der Waals surface area contributed by atoms with Crippen molar-refractivity contribution in [3.8, 4) is 5.75 Å². The van der Waals surface area contributed by atoms with Crippen LogP contribution in [0.1, 0.15) is 19.3 Å². The van der Waals surface area contributed by atoms with Crippen molar-refractivity contribution in [2.24, 2.45) is 0 Å². The SMILES string of the molecule is Nc1ccc(OCC(=O)NCCCCC(F)(F)F)cc1. The Hall–Kier alpha value is -1.92. The Balaban J connectivity index is 2.10. The van der Waals surface area contributed by atoms with Crippen molar-refractivity contribution in [1.29, 1.82) is 0 Å². The Morgan fingerprint density at radius 1 is 1.20 bits per heavy atom. The highest BCUT2D eigenvalue weighted by molar-refractivity contribution is 5.77. The van der Waals surface area contributed by atoms with E-state index < -0.39 is 12.6 Å². The predicted molar refractivity (Wildman–Crippen MR) is 69.3 cm³/mol. The zero-order valence-electron chi connectivity index (χ0n) is 10.9. The maximum Gasteiger partial charge on any atom is 0.389 e. The number of carbonyl (C=O) groups is 1. The molecule has 0 spiro atoms. The summed E-state index contributed by atoms with van der Waals surface area (Å²) in [6.07, 6.45) is -4.68. The van der Waals surface area contributed by atoms with Gasteiger partial charge in [0.05, 0.1) is 0 Å². The molecular weight excluding hydrogens is 273 g/mol. The van der Waals surface area contributed by atoms with Crippen molar-refractivity contribution < 1.29 is 22.7 Å². The number of amides is 1. The van der Waals surface area contributed by atoms with Gasteiger partial charge in [0.2, 0.25) is 0 Å². The minimum absolute atomic E-state index is 0.00258. The molecule has 0 bridgehead atoms. The molecule has 4 nitrogen and oxygen atoms in total. The first-order chi connectivity index (χ1) is 9.37. The van der Waals surface area contributed by atoms with E-state index in [1.807, 2.05) is 0 Å². The van der Waals surface area contributed by atoms with Gasteiger partial charge in [-0.2, -0.15) is 13.2 Å². The molecule has 0 saturated heterocycles. The number of rotatable bonds is 7. The second kappa shape index (κ2) is 7.62. The molecule has 1 amide bonds. The van der Waals surface area contributed by atoms with Crippen LogP contribution in [-0.4, -0.2) is 25.2 Å². The lowest BCUT2D eigenvalue weighted by molar-refractivity contribution is -0.135. The van der Waals surface area contributed by atoms with Gasteiger partial charge >= 0.3 is 6.18 Å². The number of nitrogens with two attached hydrogens (primary N) is 1.